The molecule has 2 heterocycles. The van der Waals surface area contributed by atoms with Gasteiger partial charge in [-0.1, -0.05) is 23.9 Å². The Bertz CT molecular complexity index is 661. The summed E-state index contributed by atoms with van der Waals surface area (Å²) in [6, 6.07) is 5.35. The van der Waals surface area contributed by atoms with Gasteiger partial charge in [-0.2, -0.15) is 0 Å². The molecule has 0 saturated carbocycles. The predicted molar refractivity (Wildman–Crippen MR) is 71.7 cm³/mol. The molecular formula is C14H11FKNO4S. The summed E-state index contributed by atoms with van der Waals surface area (Å²) in [5.74, 6) is -2.96. The van der Waals surface area contributed by atoms with Gasteiger partial charge < -0.3 is 15.0 Å². The van der Waals surface area contributed by atoms with E-state index in [0.29, 0.717) is 10.5 Å². The molecule has 8 heteroatoms. The number of carbonyl (C=O) groups excluding carboxylic acids is 2. The number of halogens is 1. The Morgan fingerprint density at radius 1 is 1.41 bits per heavy atom. The molecule has 0 spiro atoms. The van der Waals surface area contributed by atoms with Crippen LogP contribution in [0.4, 0.5) is 4.39 Å². The molecule has 2 aliphatic heterocycles. The minimum absolute atomic E-state index is 0. The standard InChI is InChI=1S/C14H12FNO4S.K/c1-6(17)9-12(18)16-10(14(19)20)11(21-13(9)16)7-2-4-8(15)5-3-7;/h2-6,9,13,17H,1H3,(H,19,20);/q;+1/p-1/t6-,9+,13-;/m1./s1. The van der Waals surface area contributed by atoms with Gasteiger partial charge in [-0.3, -0.25) is 9.69 Å². The summed E-state index contributed by atoms with van der Waals surface area (Å²) < 4.78 is 13.0. The van der Waals surface area contributed by atoms with Crippen LogP contribution in [0.3, 0.4) is 0 Å². The molecule has 1 aromatic rings. The first-order valence-electron chi connectivity index (χ1n) is 6.31. The van der Waals surface area contributed by atoms with Gasteiger partial charge in [-0.25, -0.2) is 4.39 Å². The van der Waals surface area contributed by atoms with E-state index in [1.165, 1.54) is 43.0 Å². The number of thioether (sulfide) groups is 1. The Morgan fingerprint density at radius 3 is 2.50 bits per heavy atom. The minimum Gasteiger partial charge on any atom is -0.543 e. The van der Waals surface area contributed by atoms with Crippen LogP contribution in [0.1, 0.15) is 12.5 Å². The van der Waals surface area contributed by atoms with E-state index in [-0.39, 0.29) is 57.1 Å². The topological polar surface area (TPSA) is 80.7 Å². The van der Waals surface area contributed by atoms with Crippen LogP contribution in [0.15, 0.2) is 30.0 Å². The second kappa shape index (κ2) is 6.72. The molecule has 0 radical (unpaired) electrons. The number of amides is 1. The van der Waals surface area contributed by atoms with Crippen molar-refractivity contribution < 1.29 is 75.6 Å². The Morgan fingerprint density at radius 2 is 2.00 bits per heavy atom. The Balaban J connectivity index is 0.00000176. The van der Waals surface area contributed by atoms with Crippen molar-refractivity contribution >= 4 is 28.5 Å². The third kappa shape index (κ3) is 2.81. The number of aliphatic carboxylic acids is 1. The molecule has 0 bridgehead atoms. The fraction of sp³-hybridized carbons (Fsp3) is 0.286. The molecular weight excluding hydrogens is 336 g/mol. The SMILES string of the molecule is C[C@@H](O)[C@H]1C(=O)N2C(C(=O)[O-])=C(c3ccc(F)cc3)S[C@H]12.[K+]. The van der Waals surface area contributed by atoms with Gasteiger partial charge in [0.25, 0.3) is 0 Å². The number of carboxylic acid groups (broad SMARTS) is 1. The van der Waals surface area contributed by atoms with Gasteiger partial charge in [0.1, 0.15) is 11.2 Å². The predicted octanol–water partition coefficient (Wildman–Crippen LogP) is -2.84. The zero-order chi connectivity index (χ0) is 15.3. The quantitative estimate of drug-likeness (QED) is 0.471. The van der Waals surface area contributed by atoms with Crippen LogP contribution < -0.4 is 56.5 Å². The van der Waals surface area contributed by atoms with E-state index >= 15 is 0 Å². The molecule has 2 aliphatic rings. The van der Waals surface area contributed by atoms with Crippen LogP contribution >= 0.6 is 11.8 Å². The second-order valence-electron chi connectivity index (χ2n) is 4.96. The van der Waals surface area contributed by atoms with Crippen LogP contribution in [0, 0.1) is 11.7 Å². The molecule has 0 unspecified atom stereocenters. The van der Waals surface area contributed by atoms with Gasteiger partial charge in [0.2, 0.25) is 5.91 Å². The van der Waals surface area contributed by atoms with E-state index in [0.717, 1.165) is 4.90 Å². The maximum Gasteiger partial charge on any atom is 1.00 e. The normalized spacial score (nSPS) is 24.5. The van der Waals surface area contributed by atoms with Gasteiger partial charge in [-0.15, -0.1) is 0 Å². The van der Waals surface area contributed by atoms with Crippen LogP contribution in [-0.2, 0) is 9.59 Å². The molecule has 1 saturated heterocycles. The van der Waals surface area contributed by atoms with Crippen LogP contribution in [-0.4, -0.2) is 33.4 Å². The van der Waals surface area contributed by atoms with Crippen molar-refractivity contribution in [2.24, 2.45) is 5.92 Å². The summed E-state index contributed by atoms with van der Waals surface area (Å²) in [6.45, 7) is 1.50. The first-order valence-corrected chi connectivity index (χ1v) is 7.19. The maximum atomic E-state index is 13.0. The van der Waals surface area contributed by atoms with Crippen molar-refractivity contribution in [1.29, 1.82) is 0 Å². The van der Waals surface area contributed by atoms with E-state index in [9.17, 15) is 24.2 Å². The van der Waals surface area contributed by atoms with Gasteiger partial charge in [-0.05, 0) is 24.6 Å². The number of carboxylic acids is 1. The molecule has 3 atom stereocenters. The summed E-state index contributed by atoms with van der Waals surface area (Å²) in [4.78, 5) is 24.8. The van der Waals surface area contributed by atoms with E-state index < -0.39 is 35.1 Å². The van der Waals surface area contributed by atoms with Crippen LogP contribution in [0.2, 0.25) is 0 Å². The van der Waals surface area contributed by atoms with E-state index in [4.69, 9.17) is 0 Å². The molecule has 0 aliphatic carbocycles. The molecule has 110 valence electrons. The Labute approximate surface area is 173 Å². The molecule has 3 rings (SSSR count). The number of fused-ring (bicyclic) bond motifs is 1. The average Bonchev–Trinajstić information content (AvgIpc) is 2.74. The molecule has 5 nitrogen and oxygen atoms in total. The van der Waals surface area contributed by atoms with Gasteiger partial charge in [0.15, 0.2) is 0 Å². The summed E-state index contributed by atoms with van der Waals surface area (Å²) in [5, 5.41) is 20.5. The third-order valence-electron chi connectivity index (χ3n) is 3.60. The number of aliphatic hydroxyl groups excluding tert-OH is 1. The number of hydrogen-bond acceptors (Lipinski definition) is 5. The molecule has 1 aromatic carbocycles. The summed E-state index contributed by atoms with van der Waals surface area (Å²) >= 11 is 1.18. The van der Waals surface area contributed by atoms with Crippen molar-refractivity contribution in [3.63, 3.8) is 0 Å². The molecule has 0 aromatic heterocycles. The van der Waals surface area contributed by atoms with Crippen LogP contribution in [0.5, 0.6) is 0 Å². The summed E-state index contributed by atoms with van der Waals surface area (Å²) in [5.41, 5.74) is 0.297. The Hall–Kier alpha value is -0.224. The first-order chi connectivity index (χ1) is 9.91. The van der Waals surface area contributed by atoms with Crippen LogP contribution in [0.25, 0.3) is 4.91 Å². The fourth-order valence-electron chi connectivity index (χ4n) is 2.58. The van der Waals surface area contributed by atoms with E-state index in [1.807, 2.05) is 0 Å². The summed E-state index contributed by atoms with van der Waals surface area (Å²) in [6.07, 6.45) is -0.859. The number of aliphatic hydroxyl groups is 1. The molecule has 1 amide bonds. The van der Waals surface area contributed by atoms with Gasteiger partial charge in [0.05, 0.1) is 23.7 Å². The number of nitrogens with zero attached hydrogens (tertiary/aromatic N) is 1. The maximum absolute atomic E-state index is 13.0. The second-order valence-corrected chi connectivity index (χ2v) is 6.08. The number of hydrogen-bond donors (Lipinski definition) is 1. The first kappa shape index (κ1) is 18.1. The number of rotatable bonds is 3. The zero-order valence-corrected chi connectivity index (χ0v) is 15.9. The summed E-state index contributed by atoms with van der Waals surface area (Å²) in [7, 11) is 0. The Kier molecular flexibility index (Phi) is 5.53. The number of carbonyl (C=O) groups is 2. The fourth-order valence-corrected chi connectivity index (χ4v) is 4.19. The largest absolute Gasteiger partial charge is 1.00 e. The van der Waals surface area contributed by atoms with Crippen molar-refractivity contribution in [2.45, 2.75) is 18.4 Å². The van der Waals surface area contributed by atoms with Crippen molar-refractivity contribution in [2.75, 3.05) is 0 Å². The van der Waals surface area contributed by atoms with Gasteiger partial charge in [0, 0.05) is 4.91 Å². The molecule has 1 N–H and O–H groups in total. The smallest absolute Gasteiger partial charge is 0.543 e. The minimum atomic E-state index is -1.46. The third-order valence-corrected chi connectivity index (χ3v) is 5.01. The van der Waals surface area contributed by atoms with E-state index in [1.54, 1.807) is 0 Å². The zero-order valence-electron chi connectivity index (χ0n) is 11.9. The monoisotopic (exact) mass is 347 g/mol. The van der Waals surface area contributed by atoms with Crippen molar-refractivity contribution in [1.82, 2.24) is 4.90 Å². The van der Waals surface area contributed by atoms with Gasteiger partial charge >= 0.3 is 51.4 Å². The number of β-lactam (4-membered cyclic amide) rings is 1. The van der Waals surface area contributed by atoms with Crippen molar-refractivity contribution in [3.8, 4) is 0 Å². The number of benzene rings is 1. The average molecular weight is 347 g/mol. The van der Waals surface area contributed by atoms with E-state index in [2.05, 4.69) is 0 Å². The molecule has 22 heavy (non-hydrogen) atoms. The molecule has 1 fully saturated rings. The van der Waals surface area contributed by atoms with Crippen molar-refractivity contribution in [3.05, 3.63) is 41.3 Å².